The van der Waals surface area contributed by atoms with Crippen molar-refractivity contribution in [2.24, 2.45) is 0 Å². The number of carboxylic acid groups (broad SMARTS) is 1. The highest BCUT2D eigenvalue weighted by molar-refractivity contribution is 5.90. The van der Waals surface area contributed by atoms with Crippen molar-refractivity contribution >= 4 is 18.0 Å². The van der Waals surface area contributed by atoms with Crippen LogP contribution in [0.25, 0.3) is 11.1 Å². The van der Waals surface area contributed by atoms with Crippen molar-refractivity contribution in [3.05, 3.63) is 95.6 Å². The first-order valence-electron chi connectivity index (χ1n) is 13.3. The Bertz CT molecular complexity index is 1330. The average Bonchev–Trinajstić information content (AvgIpc) is 3.52. The molecule has 9 nitrogen and oxygen atoms in total. The summed E-state index contributed by atoms with van der Waals surface area (Å²) in [6.07, 6.45) is -2.69. The Balaban J connectivity index is 1.31. The first-order chi connectivity index (χ1) is 19.3. The highest BCUT2D eigenvalue weighted by Crippen LogP contribution is 2.44. The first kappa shape index (κ1) is 27.4. The van der Waals surface area contributed by atoms with Crippen molar-refractivity contribution in [1.82, 2.24) is 10.2 Å². The number of aliphatic hydroxyl groups is 1. The Morgan fingerprint density at radius 3 is 2.17 bits per heavy atom. The summed E-state index contributed by atoms with van der Waals surface area (Å²) in [6, 6.07) is 22.9. The molecule has 4 unspecified atom stereocenters. The van der Waals surface area contributed by atoms with Crippen molar-refractivity contribution in [2.45, 2.75) is 50.2 Å². The lowest BCUT2D eigenvalue weighted by Gasteiger charge is -2.30. The number of likely N-dealkylation sites (tertiary alicyclic amines) is 1. The second kappa shape index (κ2) is 11.9. The number of nitrogens with zero attached hydrogens (tertiary/aromatic N) is 1. The van der Waals surface area contributed by atoms with Crippen LogP contribution < -0.4 is 5.32 Å². The number of ether oxygens (including phenoxy) is 2. The number of aliphatic carboxylic acids is 1. The molecule has 2 amide bonds. The van der Waals surface area contributed by atoms with Gasteiger partial charge in [0.05, 0.1) is 18.8 Å². The van der Waals surface area contributed by atoms with Crippen LogP contribution in [0.3, 0.4) is 0 Å². The lowest BCUT2D eigenvalue weighted by molar-refractivity contribution is -0.150. The molecule has 1 saturated heterocycles. The first-order valence-corrected chi connectivity index (χ1v) is 13.3. The average molecular weight is 545 g/mol. The molecule has 1 heterocycles. The zero-order chi connectivity index (χ0) is 28.2. The fourth-order valence-electron chi connectivity index (χ4n) is 5.52. The maximum Gasteiger partial charge on any atom is 0.407 e. The van der Waals surface area contributed by atoms with Crippen LogP contribution in [0, 0.1) is 0 Å². The van der Waals surface area contributed by atoms with E-state index < -0.39 is 42.3 Å². The summed E-state index contributed by atoms with van der Waals surface area (Å²) < 4.78 is 11.6. The normalized spacial score (nSPS) is 19.4. The van der Waals surface area contributed by atoms with Gasteiger partial charge in [0, 0.05) is 18.9 Å². The van der Waals surface area contributed by atoms with Gasteiger partial charge in [-0.05, 0) is 34.7 Å². The standard InChI is InChI=1S/C31H32N2O7/c1-19(39-17-20-9-3-2-4-10-20)28(29(35)33-16-21(34)15-27(33)30(36)37)32-31(38)40-18-26-24-13-7-5-11-22(24)23-12-6-8-14-25(23)26/h2-14,19,21,26-28,34H,15-18H2,1H3,(H,32,38)(H,36,37). The van der Waals surface area contributed by atoms with Gasteiger partial charge in [-0.1, -0.05) is 78.9 Å². The molecule has 208 valence electrons. The number of carboxylic acids is 1. The summed E-state index contributed by atoms with van der Waals surface area (Å²) >= 11 is 0. The molecule has 2 aliphatic rings. The van der Waals surface area contributed by atoms with Gasteiger partial charge in [-0.15, -0.1) is 0 Å². The third kappa shape index (κ3) is 5.71. The van der Waals surface area contributed by atoms with Crippen molar-refractivity contribution < 1.29 is 34.1 Å². The maximum atomic E-state index is 13.6. The van der Waals surface area contributed by atoms with E-state index in [1.165, 1.54) is 0 Å². The van der Waals surface area contributed by atoms with E-state index in [9.17, 15) is 24.6 Å². The Kier molecular flexibility index (Phi) is 8.14. The summed E-state index contributed by atoms with van der Waals surface area (Å²) in [4.78, 5) is 39.5. The molecule has 0 saturated carbocycles. The molecule has 0 radical (unpaired) electrons. The van der Waals surface area contributed by atoms with E-state index in [1.54, 1.807) is 6.92 Å². The molecule has 0 aromatic heterocycles. The number of carbonyl (C=O) groups excluding carboxylic acids is 2. The molecule has 3 aromatic rings. The van der Waals surface area contributed by atoms with Crippen LogP contribution in [-0.4, -0.2) is 70.5 Å². The molecular weight excluding hydrogens is 512 g/mol. The van der Waals surface area contributed by atoms with Gasteiger partial charge in [-0.3, -0.25) is 4.79 Å². The van der Waals surface area contributed by atoms with E-state index in [4.69, 9.17) is 9.47 Å². The molecule has 3 N–H and O–H groups in total. The van der Waals surface area contributed by atoms with Gasteiger partial charge >= 0.3 is 12.1 Å². The molecule has 3 aromatic carbocycles. The molecule has 1 aliphatic carbocycles. The Morgan fingerprint density at radius 1 is 0.950 bits per heavy atom. The highest BCUT2D eigenvalue weighted by Gasteiger charge is 2.43. The molecule has 4 atom stereocenters. The van der Waals surface area contributed by atoms with Gasteiger partial charge in [-0.25, -0.2) is 9.59 Å². The number of hydrogen-bond donors (Lipinski definition) is 3. The van der Waals surface area contributed by atoms with Crippen LogP contribution in [0.5, 0.6) is 0 Å². The smallest absolute Gasteiger partial charge is 0.407 e. The number of fused-ring (bicyclic) bond motifs is 3. The molecule has 0 spiro atoms. The summed E-state index contributed by atoms with van der Waals surface area (Å²) in [6.45, 7) is 1.73. The third-order valence-corrected chi connectivity index (χ3v) is 7.56. The number of benzene rings is 3. The zero-order valence-electron chi connectivity index (χ0n) is 22.1. The van der Waals surface area contributed by atoms with E-state index in [2.05, 4.69) is 5.32 Å². The van der Waals surface area contributed by atoms with E-state index in [1.807, 2.05) is 78.9 Å². The summed E-state index contributed by atoms with van der Waals surface area (Å²) in [5.41, 5.74) is 5.17. The van der Waals surface area contributed by atoms with Gasteiger partial charge in [0.15, 0.2) is 0 Å². The van der Waals surface area contributed by atoms with Crippen molar-refractivity contribution in [2.75, 3.05) is 13.2 Å². The van der Waals surface area contributed by atoms with Crippen LogP contribution in [0.4, 0.5) is 4.79 Å². The minimum atomic E-state index is -1.23. The number of alkyl carbamates (subject to hydrolysis) is 1. The van der Waals surface area contributed by atoms with E-state index >= 15 is 0 Å². The number of aliphatic hydroxyl groups excluding tert-OH is 1. The Labute approximate surface area is 232 Å². The lowest BCUT2D eigenvalue weighted by Crippen LogP contribution is -2.56. The van der Waals surface area contributed by atoms with Crippen LogP contribution >= 0.6 is 0 Å². The predicted molar refractivity (Wildman–Crippen MR) is 146 cm³/mol. The summed E-state index contributed by atoms with van der Waals surface area (Å²) in [5, 5.41) is 22.3. The fraction of sp³-hybridized carbons (Fsp3) is 0.323. The molecule has 1 aliphatic heterocycles. The summed E-state index contributed by atoms with van der Waals surface area (Å²) in [7, 11) is 0. The molecule has 1 fully saturated rings. The van der Waals surface area contributed by atoms with Crippen molar-refractivity contribution in [3.63, 3.8) is 0 Å². The number of nitrogens with one attached hydrogen (secondary N) is 1. The molecule has 9 heteroatoms. The third-order valence-electron chi connectivity index (χ3n) is 7.56. The van der Waals surface area contributed by atoms with Gasteiger partial charge in [0.25, 0.3) is 0 Å². The zero-order valence-corrected chi connectivity index (χ0v) is 22.1. The maximum absolute atomic E-state index is 13.6. The Hall–Kier alpha value is -4.21. The molecule has 40 heavy (non-hydrogen) atoms. The van der Waals surface area contributed by atoms with E-state index in [0.29, 0.717) is 0 Å². The van der Waals surface area contributed by atoms with Gasteiger partial charge in [0.1, 0.15) is 18.7 Å². The van der Waals surface area contributed by atoms with E-state index in [-0.39, 0.29) is 32.1 Å². The quantitative estimate of drug-likeness (QED) is 0.376. The van der Waals surface area contributed by atoms with Gasteiger partial charge in [-0.2, -0.15) is 0 Å². The monoisotopic (exact) mass is 544 g/mol. The van der Waals surface area contributed by atoms with Crippen LogP contribution in [0.2, 0.25) is 0 Å². The van der Waals surface area contributed by atoms with Crippen LogP contribution in [-0.2, 0) is 25.7 Å². The Morgan fingerprint density at radius 2 is 1.55 bits per heavy atom. The van der Waals surface area contributed by atoms with Crippen molar-refractivity contribution in [3.8, 4) is 11.1 Å². The highest BCUT2D eigenvalue weighted by atomic mass is 16.5. The van der Waals surface area contributed by atoms with Crippen molar-refractivity contribution in [1.29, 1.82) is 0 Å². The largest absolute Gasteiger partial charge is 0.480 e. The SMILES string of the molecule is CC(OCc1ccccc1)C(NC(=O)OCC1c2ccccc2-c2ccccc21)C(=O)N1CC(O)CC1C(=O)O. The topological polar surface area (TPSA) is 125 Å². The van der Waals surface area contributed by atoms with Gasteiger partial charge in [0.2, 0.25) is 5.91 Å². The predicted octanol–water partition coefficient (Wildman–Crippen LogP) is 3.55. The summed E-state index contributed by atoms with van der Waals surface area (Å²) in [5.74, 6) is -2.04. The fourth-order valence-corrected chi connectivity index (χ4v) is 5.52. The number of carbonyl (C=O) groups is 3. The van der Waals surface area contributed by atoms with Crippen LogP contribution in [0.1, 0.15) is 36.0 Å². The number of rotatable bonds is 9. The second-order valence-electron chi connectivity index (χ2n) is 10.2. The van der Waals surface area contributed by atoms with Crippen LogP contribution in [0.15, 0.2) is 78.9 Å². The number of hydrogen-bond acceptors (Lipinski definition) is 6. The molecule has 5 rings (SSSR count). The molecule has 0 bridgehead atoms. The minimum Gasteiger partial charge on any atom is -0.480 e. The molecular formula is C31H32N2O7. The second-order valence-corrected chi connectivity index (χ2v) is 10.2. The van der Waals surface area contributed by atoms with E-state index in [0.717, 1.165) is 32.7 Å². The number of β-amino-alcohol motifs (C(OH)–C–C–N with tert-alkyl or cyclic N) is 1. The lowest BCUT2D eigenvalue weighted by atomic mass is 9.98. The number of amides is 2. The minimum absolute atomic E-state index is 0.0558. The van der Waals surface area contributed by atoms with Gasteiger partial charge < -0.3 is 29.9 Å².